The highest BCUT2D eigenvalue weighted by atomic mass is 35.5. The standard InChI is InChI=1S/C24H23ClN2O3S/c1-16(28)21-9-10-22(31-21)18-7-8-20(19(25)13-18)30-24(2,3)15-27-23(29)11-6-17-5-4-12-26-14-17/h4-14H,15H2,1-3H3,(H,27,29)/b11-6+. The molecular formula is C24H23ClN2O3S. The molecule has 31 heavy (non-hydrogen) atoms. The number of ether oxygens (including phenoxy) is 1. The van der Waals surface area contributed by atoms with E-state index in [1.54, 1.807) is 31.5 Å². The number of nitrogens with one attached hydrogen (secondary N) is 1. The fraction of sp³-hybridized carbons (Fsp3) is 0.208. The summed E-state index contributed by atoms with van der Waals surface area (Å²) in [5, 5.41) is 3.30. The van der Waals surface area contributed by atoms with E-state index in [0.29, 0.717) is 22.2 Å². The van der Waals surface area contributed by atoms with Crippen LogP contribution in [0, 0.1) is 0 Å². The van der Waals surface area contributed by atoms with E-state index in [4.69, 9.17) is 16.3 Å². The summed E-state index contributed by atoms with van der Waals surface area (Å²) in [5.74, 6) is 0.348. The number of aromatic nitrogens is 1. The van der Waals surface area contributed by atoms with Crippen LogP contribution in [0.15, 0.2) is 60.9 Å². The van der Waals surface area contributed by atoms with E-state index in [2.05, 4.69) is 10.3 Å². The Balaban J connectivity index is 1.60. The van der Waals surface area contributed by atoms with Crippen molar-refractivity contribution in [2.45, 2.75) is 26.4 Å². The Morgan fingerprint density at radius 2 is 2.03 bits per heavy atom. The van der Waals surface area contributed by atoms with E-state index in [-0.39, 0.29) is 11.7 Å². The van der Waals surface area contributed by atoms with Crippen LogP contribution in [0.2, 0.25) is 5.02 Å². The van der Waals surface area contributed by atoms with Crippen LogP contribution in [0.25, 0.3) is 16.5 Å². The lowest BCUT2D eigenvalue weighted by atomic mass is 10.1. The van der Waals surface area contributed by atoms with Crippen molar-refractivity contribution >= 4 is 40.7 Å². The van der Waals surface area contributed by atoms with Gasteiger partial charge in [0.1, 0.15) is 11.4 Å². The number of carbonyl (C=O) groups is 2. The lowest BCUT2D eigenvalue weighted by molar-refractivity contribution is -0.117. The number of amides is 1. The molecule has 0 atom stereocenters. The van der Waals surface area contributed by atoms with Crippen molar-refractivity contribution in [1.29, 1.82) is 0 Å². The fourth-order valence-corrected chi connectivity index (χ4v) is 3.87. The van der Waals surface area contributed by atoms with E-state index >= 15 is 0 Å². The quantitative estimate of drug-likeness (QED) is 0.352. The van der Waals surface area contributed by atoms with Crippen molar-refractivity contribution in [3.63, 3.8) is 0 Å². The molecule has 7 heteroatoms. The Kier molecular flexibility index (Phi) is 7.25. The lowest BCUT2D eigenvalue weighted by Crippen LogP contribution is -2.42. The minimum absolute atomic E-state index is 0.0429. The zero-order valence-electron chi connectivity index (χ0n) is 17.5. The highest BCUT2D eigenvalue weighted by Gasteiger charge is 2.22. The average molecular weight is 455 g/mol. The summed E-state index contributed by atoms with van der Waals surface area (Å²) in [7, 11) is 0. The number of ketones is 1. The molecule has 3 aromatic rings. The van der Waals surface area contributed by atoms with E-state index in [1.165, 1.54) is 17.4 Å². The van der Waals surface area contributed by atoms with Crippen LogP contribution in [0.5, 0.6) is 5.75 Å². The van der Waals surface area contributed by atoms with Gasteiger partial charge in [0, 0.05) is 23.3 Å². The van der Waals surface area contributed by atoms with Crippen LogP contribution in [0.3, 0.4) is 0 Å². The van der Waals surface area contributed by atoms with Gasteiger partial charge in [-0.2, -0.15) is 0 Å². The second-order valence-corrected chi connectivity index (χ2v) is 9.06. The molecule has 0 radical (unpaired) electrons. The number of halogens is 1. The van der Waals surface area contributed by atoms with E-state index in [9.17, 15) is 9.59 Å². The second-order valence-electron chi connectivity index (χ2n) is 7.56. The van der Waals surface area contributed by atoms with Crippen molar-refractivity contribution in [3.05, 3.63) is 76.4 Å². The van der Waals surface area contributed by atoms with Gasteiger partial charge in [-0.25, -0.2) is 0 Å². The Labute approximate surface area is 190 Å². The average Bonchev–Trinajstić information content (AvgIpc) is 3.24. The van der Waals surface area contributed by atoms with Gasteiger partial charge in [-0.3, -0.25) is 14.6 Å². The van der Waals surface area contributed by atoms with E-state index in [1.807, 2.05) is 50.2 Å². The van der Waals surface area contributed by atoms with Gasteiger partial charge in [0.25, 0.3) is 0 Å². The SMILES string of the molecule is CC(=O)c1ccc(-c2ccc(OC(C)(C)CNC(=O)/C=C/c3cccnc3)c(Cl)c2)s1. The molecule has 3 rings (SSSR count). The van der Waals surface area contributed by atoms with Crippen LogP contribution in [-0.2, 0) is 4.79 Å². The maximum absolute atomic E-state index is 12.1. The predicted molar refractivity (Wildman–Crippen MR) is 126 cm³/mol. The van der Waals surface area contributed by atoms with Crippen LogP contribution < -0.4 is 10.1 Å². The number of hydrogen-bond acceptors (Lipinski definition) is 5. The molecule has 0 unspecified atom stereocenters. The van der Waals surface area contributed by atoms with Gasteiger partial charge in [-0.15, -0.1) is 11.3 Å². The molecule has 0 bridgehead atoms. The van der Waals surface area contributed by atoms with Gasteiger partial charge in [0.2, 0.25) is 5.91 Å². The topological polar surface area (TPSA) is 68.3 Å². The van der Waals surface area contributed by atoms with E-state index < -0.39 is 5.60 Å². The van der Waals surface area contributed by atoms with Crippen molar-refractivity contribution in [2.24, 2.45) is 0 Å². The van der Waals surface area contributed by atoms with Crippen molar-refractivity contribution < 1.29 is 14.3 Å². The summed E-state index contributed by atoms with van der Waals surface area (Å²) in [6.45, 7) is 5.60. The molecule has 0 aliphatic rings. The van der Waals surface area contributed by atoms with Gasteiger partial charge < -0.3 is 10.1 Å². The first-order valence-electron chi connectivity index (χ1n) is 9.69. The Morgan fingerprint density at radius 1 is 1.23 bits per heavy atom. The maximum Gasteiger partial charge on any atom is 0.244 e. The van der Waals surface area contributed by atoms with E-state index in [0.717, 1.165) is 16.0 Å². The summed E-state index contributed by atoms with van der Waals surface area (Å²) >= 11 is 7.87. The molecule has 1 amide bonds. The molecule has 1 N–H and O–H groups in total. The first kappa shape index (κ1) is 22.7. The molecule has 0 aliphatic carbocycles. The molecular weight excluding hydrogens is 432 g/mol. The molecule has 2 heterocycles. The van der Waals surface area contributed by atoms with Gasteiger partial charge in [0.05, 0.1) is 16.4 Å². The van der Waals surface area contributed by atoms with Crippen LogP contribution >= 0.6 is 22.9 Å². The first-order chi connectivity index (χ1) is 14.7. The predicted octanol–water partition coefficient (Wildman–Crippen LogP) is 5.65. The molecule has 2 aromatic heterocycles. The van der Waals surface area contributed by atoms with Crippen molar-refractivity contribution in [1.82, 2.24) is 10.3 Å². The summed E-state index contributed by atoms with van der Waals surface area (Å²) in [4.78, 5) is 29.3. The molecule has 0 fully saturated rings. The minimum Gasteiger partial charge on any atom is -0.484 e. The first-order valence-corrected chi connectivity index (χ1v) is 10.9. The fourth-order valence-electron chi connectivity index (χ4n) is 2.76. The van der Waals surface area contributed by atoms with Gasteiger partial charge in [-0.05, 0) is 74.4 Å². The molecule has 5 nitrogen and oxygen atoms in total. The number of nitrogens with zero attached hydrogens (tertiary/aromatic N) is 1. The van der Waals surface area contributed by atoms with Crippen molar-refractivity contribution in [2.75, 3.05) is 6.54 Å². The third kappa shape index (κ3) is 6.51. The Morgan fingerprint density at radius 3 is 2.68 bits per heavy atom. The van der Waals surface area contributed by atoms with Gasteiger partial charge in [0.15, 0.2) is 5.78 Å². The molecule has 0 aliphatic heterocycles. The number of thiophene rings is 1. The van der Waals surface area contributed by atoms with Crippen molar-refractivity contribution in [3.8, 4) is 16.2 Å². The molecule has 0 spiro atoms. The Bertz CT molecular complexity index is 1110. The summed E-state index contributed by atoms with van der Waals surface area (Å²) in [6.07, 6.45) is 6.53. The smallest absolute Gasteiger partial charge is 0.244 e. The van der Waals surface area contributed by atoms with Gasteiger partial charge in [-0.1, -0.05) is 17.7 Å². The molecule has 160 valence electrons. The number of Topliss-reactive ketones (excluding diaryl/α,β-unsaturated/α-hetero) is 1. The van der Waals surface area contributed by atoms with Gasteiger partial charge >= 0.3 is 0 Å². The number of carbonyl (C=O) groups excluding carboxylic acids is 2. The zero-order chi connectivity index (χ0) is 22.4. The number of rotatable bonds is 8. The highest BCUT2D eigenvalue weighted by molar-refractivity contribution is 7.17. The normalized spacial score (nSPS) is 11.5. The zero-order valence-corrected chi connectivity index (χ0v) is 19.1. The van der Waals surface area contributed by atoms with Crippen LogP contribution in [0.4, 0.5) is 0 Å². The second kappa shape index (κ2) is 9.90. The highest BCUT2D eigenvalue weighted by Crippen LogP contribution is 2.35. The molecule has 0 saturated heterocycles. The number of benzene rings is 1. The number of hydrogen-bond donors (Lipinski definition) is 1. The summed E-state index contributed by atoms with van der Waals surface area (Å²) < 4.78 is 6.05. The monoisotopic (exact) mass is 454 g/mol. The van der Waals surface area contributed by atoms with Crippen LogP contribution in [0.1, 0.15) is 36.0 Å². The largest absolute Gasteiger partial charge is 0.484 e. The van der Waals surface area contributed by atoms with Crippen LogP contribution in [-0.4, -0.2) is 28.8 Å². The summed E-state index contributed by atoms with van der Waals surface area (Å²) in [6, 6.07) is 12.9. The Hall–Kier alpha value is -2.96. The molecule has 0 saturated carbocycles. The number of pyridine rings is 1. The minimum atomic E-state index is -0.673. The lowest BCUT2D eigenvalue weighted by Gasteiger charge is -2.27. The third-order valence-electron chi connectivity index (χ3n) is 4.36. The third-order valence-corrected chi connectivity index (χ3v) is 5.89. The summed E-state index contributed by atoms with van der Waals surface area (Å²) in [5.41, 5.74) is 1.09. The molecule has 1 aromatic carbocycles. The maximum atomic E-state index is 12.1.